The molecular formula is C21H30O4. The average molecular weight is 351 g/mol. The van der Waals surface area contributed by atoms with E-state index in [4.69, 9.17) is 6.85 Å². The average Bonchev–Trinajstić information content (AvgIpc) is 2.90. The van der Waals surface area contributed by atoms with E-state index in [0.29, 0.717) is 19.3 Å². The van der Waals surface area contributed by atoms with E-state index in [1.807, 2.05) is 6.92 Å². The monoisotopic (exact) mass is 351 g/mol. The Morgan fingerprint density at radius 1 is 1.24 bits per heavy atom. The predicted octanol–water partition coefficient (Wildman–Crippen LogP) is 2.81. The lowest BCUT2D eigenvalue weighted by atomic mass is 9.46. The van der Waals surface area contributed by atoms with Crippen LogP contribution >= 0.6 is 0 Å². The molecule has 138 valence electrons. The highest BCUT2D eigenvalue weighted by atomic mass is 16.3. The number of Topliss-reactive ketones (excluding diaryl/α,β-unsaturated/α-hetero) is 1. The lowest BCUT2D eigenvalue weighted by molar-refractivity contribution is -0.164. The molecule has 0 aromatic rings. The van der Waals surface area contributed by atoms with Crippen LogP contribution in [-0.2, 0) is 9.59 Å². The Hall–Kier alpha value is -1.00. The molecule has 4 aliphatic rings. The normalized spacial score (nSPS) is 56.4. The highest BCUT2D eigenvalue weighted by Crippen LogP contribution is 2.67. The summed E-state index contributed by atoms with van der Waals surface area (Å²) in [5.41, 5.74) is -3.27. The summed E-state index contributed by atoms with van der Waals surface area (Å²) in [5, 5.41) is 20.7. The lowest BCUT2D eigenvalue weighted by Gasteiger charge is -2.58. The van der Waals surface area contributed by atoms with Crippen molar-refractivity contribution in [2.45, 2.75) is 70.7 Å². The van der Waals surface area contributed by atoms with E-state index in [2.05, 4.69) is 0 Å². The second-order valence-corrected chi connectivity index (χ2v) is 8.79. The molecule has 4 aliphatic carbocycles. The van der Waals surface area contributed by atoms with Crippen LogP contribution in [0.15, 0.2) is 11.6 Å². The molecule has 0 bridgehead atoms. The van der Waals surface area contributed by atoms with Crippen LogP contribution in [0.1, 0.15) is 72.0 Å². The summed E-state index contributed by atoms with van der Waals surface area (Å²) < 4.78 is 42.2. The molecule has 0 spiro atoms. The molecule has 4 heteroatoms. The number of aliphatic hydroxyl groups is 2. The van der Waals surface area contributed by atoms with Gasteiger partial charge in [0.15, 0.2) is 11.6 Å². The first kappa shape index (κ1) is 12.4. The smallest absolute Gasteiger partial charge is 0.190 e. The van der Waals surface area contributed by atoms with Crippen LogP contribution in [0.25, 0.3) is 0 Å². The molecule has 6 atom stereocenters. The fourth-order valence-electron chi connectivity index (χ4n) is 6.40. The zero-order valence-corrected chi connectivity index (χ0v) is 14.9. The first-order valence-electron chi connectivity index (χ1n) is 11.8. The standard InChI is InChI=1S/C21H30O4/c1-19-8-5-14(23)11-13(19)3-4-15-16(19)6-9-20(2)17(15)7-10-21(20,25)18(24)12-22/h11,15-17,22,25H,3-10,12H2,1-2H3/t15-,16?,17+,19+,20+,21+/m1/s1/i3D2,5D2,11D. The van der Waals surface area contributed by atoms with E-state index in [1.165, 1.54) is 0 Å². The first-order valence-corrected chi connectivity index (χ1v) is 9.29. The maximum Gasteiger partial charge on any atom is 0.190 e. The Balaban J connectivity index is 1.82. The van der Waals surface area contributed by atoms with E-state index >= 15 is 0 Å². The molecule has 1 unspecified atom stereocenters. The van der Waals surface area contributed by atoms with Crippen LogP contribution in [0.2, 0.25) is 0 Å². The van der Waals surface area contributed by atoms with E-state index in [-0.39, 0.29) is 42.6 Å². The van der Waals surface area contributed by atoms with Gasteiger partial charge in [-0.15, -0.1) is 0 Å². The molecular weight excluding hydrogens is 316 g/mol. The Kier molecular flexibility index (Phi) is 2.73. The van der Waals surface area contributed by atoms with E-state index in [9.17, 15) is 19.8 Å². The fourth-order valence-corrected chi connectivity index (χ4v) is 6.40. The van der Waals surface area contributed by atoms with Crippen molar-refractivity contribution < 1.29 is 26.7 Å². The van der Waals surface area contributed by atoms with Crippen molar-refractivity contribution in [3.05, 3.63) is 11.6 Å². The van der Waals surface area contributed by atoms with Crippen molar-refractivity contribution in [2.75, 3.05) is 6.61 Å². The van der Waals surface area contributed by atoms with Crippen molar-refractivity contribution in [1.82, 2.24) is 0 Å². The van der Waals surface area contributed by atoms with Gasteiger partial charge in [-0.1, -0.05) is 19.4 Å². The predicted molar refractivity (Wildman–Crippen MR) is 93.8 cm³/mol. The van der Waals surface area contributed by atoms with Crippen molar-refractivity contribution >= 4 is 11.6 Å². The van der Waals surface area contributed by atoms with Crippen LogP contribution in [0.3, 0.4) is 0 Å². The van der Waals surface area contributed by atoms with Gasteiger partial charge in [0, 0.05) is 17.3 Å². The van der Waals surface area contributed by atoms with Crippen LogP contribution in [0, 0.1) is 28.6 Å². The lowest BCUT2D eigenvalue weighted by Crippen LogP contribution is -2.58. The number of rotatable bonds is 2. The van der Waals surface area contributed by atoms with Crippen molar-refractivity contribution in [2.24, 2.45) is 28.6 Å². The molecule has 0 heterocycles. The Morgan fingerprint density at radius 2 is 1.96 bits per heavy atom. The summed E-state index contributed by atoms with van der Waals surface area (Å²) in [5.74, 6) is -2.02. The van der Waals surface area contributed by atoms with Crippen molar-refractivity contribution in [3.63, 3.8) is 0 Å². The topological polar surface area (TPSA) is 74.6 Å². The summed E-state index contributed by atoms with van der Waals surface area (Å²) in [6.45, 7) is 2.92. The molecule has 0 amide bonds. The van der Waals surface area contributed by atoms with Crippen LogP contribution in [0.4, 0.5) is 0 Å². The highest BCUT2D eigenvalue weighted by molar-refractivity contribution is 5.91. The van der Waals surface area contributed by atoms with Crippen LogP contribution < -0.4 is 0 Å². The van der Waals surface area contributed by atoms with Crippen molar-refractivity contribution in [3.8, 4) is 0 Å². The summed E-state index contributed by atoms with van der Waals surface area (Å²) >= 11 is 0. The maximum absolute atomic E-state index is 12.4. The molecule has 3 fully saturated rings. The van der Waals surface area contributed by atoms with Gasteiger partial charge in [0.1, 0.15) is 12.2 Å². The fraction of sp³-hybridized carbons (Fsp3) is 0.810. The summed E-state index contributed by atoms with van der Waals surface area (Å²) in [6, 6.07) is -0.524. The third kappa shape index (κ3) is 2.13. The van der Waals surface area contributed by atoms with Crippen LogP contribution in [-0.4, -0.2) is 34.0 Å². The molecule has 4 rings (SSSR count). The van der Waals surface area contributed by atoms with Gasteiger partial charge in [0.05, 0.1) is 1.37 Å². The largest absolute Gasteiger partial charge is 0.388 e. The Morgan fingerprint density at radius 3 is 2.68 bits per heavy atom. The summed E-state index contributed by atoms with van der Waals surface area (Å²) in [4.78, 5) is 24.9. The number of fused-ring (bicyclic) bond motifs is 5. The number of hydrogen-bond donors (Lipinski definition) is 2. The van der Waals surface area contributed by atoms with Gasteiger partial charge < -0.3 is 10.2 Å². The first-order chi connectivity index (χ1) is 13.7. The van der Waals surface area contributed by atoms with Gasteiger partial charge in [0.25, 0.3) is 0 Å². The molecule has 25 heavy (non-hydrogen) atoms. The molecule has 0 aromatic carbocycles. The minimum absolute atomic E-state index is 0.0882. The number of carbonyl (C=O) groups excluding carboxylic acids is 2. The van der Waals surface area contributed by atoms with Gasteiger partial charge >= 0.3 is 0 Å². The minimum Gasteiger partial charge on any atom is -0.388 e. The minimum atomic E-state index is -2.21. The molecule has 3 saturated carbocycles. The van der Waals surface area contributed by atoms with E-state index in [0.717, 1.165) is 0 Å². The van der Waals surface area contributed by atoms with Gasteiger partial charge in [-0.3, -0.25) is 9.59 Å². The Bertz CT molecular complexity index is 854. The van der Waals surface area contributed by atoms with Gasteiger partial charge in [0.2, 0.25) is 0 Å². The third-order valence-electron chi connectivity index (χ3n) is 7.95. The zero-order valence-electron chi connectivity index (χ0n) is 19.9. The van der Waals surface area contributed by atoms with Gasteiger partial charge in [-0.2, -0.15) is 0 Å². The number of hydrogen-bond acceptors (Lipinski definition) is 4. The highest BCUT2D eigenvalue weighted by Gasteiger charge is 2.65. The van der Waals surface area contributed by atoms with Gasteiger partial charge in [-0.25, -0.2) is 0 Å². The second kappa shape index (κ2) is 5.50. The molecule has 0 radical (unpaired) electrons. The molecule has 4 nitrogen and oxygen atoms in total. The van der Waals surface area contributed by atoms with E-state index in [1.54, 1.807) is 6.92 Å². The second-order valence-electron chi connectivity index (χ2n) is 8.79. The van der Waals surface area contributed by atoms with Gasteiger partial charge in [-0.05, 0) is 74.1 Å². The van der Waals surface area contributed by atoms with Crippen LogP contribution in [0.5, 0.6) is 0 Å². The number of ketones is 2. The Labute approximate surface area is 156 Å². The summed E-state index contributed by atoms with van der Waals surface area (Å²) in [7, 11) is 0. The molecule has 0 aromatic heterocycles. The third-order valence-corrected chi connectivity index (χ3v) is 7.95. The SMILES string of the molecule is [2H]C1=C2C([2H])([2H])C[C@@H]3C(CC[C@@]4(C)[C@H]3CC[C@]4(O)C(=O)CO)[C@@]2(C)CC([2H])([2H])C1=O. The quantitative estimate of drug-likeness (QED) is 0.802. The molecule has 2 N–H and O–H groups in total. The zero-order chi connectivity index (χ0) is 22.5. The number of aliphatic hydroxyl groups excluding tert-OH is 1. The van der Waals surface area contributed by atoms with Crippen molar-refractivity contribution in [1.29, 1.82) is 0 Å². The number of allylic oxidation sites excluding steroid dienone is 1. The molecule has 0 aliphatic heterocycles. The number of carbonyl (C=O) groups is 2. The molecule has 0 saturated heterocycles. The summed E-state index contributed by atoms with van der Waals surface area (Å²) in [6.07, 6.45) is -2.40. The van der Waals surface area contributed by atoms with E-state index < -0.39 is 53.4 Å². The maximum atomic E-state index is 12.4.